The number of hydrogen-bond acceptors (Lipinski definition) is 4. The van der Waals surface area contributed by atoms with E-state index in [1.54, 1.807) is 6.20 Å². The van der Waals surface area contributed by atoms with Crippen molar-refractivity contribution < 1.29 is 4.74 Å². The molecule has 2 fully saturated rings. The van der Waals surface area contributed by atoms with Crippen LogP contribution in [0.25, 0.3) is 0 Å². The number of piperidine rings is 1. The van der Waals surface area contributed by atoms with Crippen molar-refractivity contribution in [2.45, 2.75) is 44.1 Å². The van der Waals surface area contributed by atoms with Crippen LogP contribution in [-0.2, 0) is 10.2 Å². The SMILES string of the molecule is CC1CC(CN2CCC(C#N)(c3ccccn3)CC2)CCO1. The number of likely N-dealkylation sites (tertiary alicyclic amines) is 1. The maximum Gasteiger partial charge on any atom is 0.102 e. The lowest BCUT2D eigenvalue weighted by Crippen LogP contribution is -2.45. The van der Waals surface area contributed by atoms with E-state index in [2.05, 4.69) is 22.9 Å². The summed E-state index contributed by atoms with van der Waals surface area (Å²) < 4.78 is 5.64. The molecule has 0 N–H and O–H groups in total. The molecule has 0 spiro atoms. The molecule has 0 amide bonds. The van der Waals surface area contributed by atoms with Crippen molar-refractivity contribution >= 4 is 0 Å². The van der Waals surface area contributed by atoms with Crippen LogP contribution in [0.4, 0.5) is 0 Å². The zero-order valence-electron chi connectivity index (χ0n) is 13.4. The summed E-state index contributed by atoms with van der Waals surface area (Å²) in [5.74, 6) is 0.744. The van der Waals surface area contributed by atoms with Gasteiger partial charge in [-0.25, -0.2) is 0 Å². The number of nitriles is 1. The Bertz CT molecular complexity index is 517. The summed E-state index contributed by atoms with van der Waals surface area (Å²) in [4.78, 5) is 6.97. The van der Waals surface area contributed by atoms with Gasteiger partial charge in [-0.15, -0.1) is 0 Å². The number of nitrogens with zero attached hydrogens (tertiary/aromatic N) is 3. The summed E-state index contributed by atoms with van der Waals surface area (Å²) in [6.07, 6.45) is 6.31. The Labute approximate surface area is 133 Å². The average Bonchev–Trinajstić information content (AvgIpc) is 2.57. The minimum Gasteiger partial charge on any atom is -0.378 e. The number of pyridine rings is 1. The number of rotatable bonds is 3. The quantitative estimate of drug-likeness (QED) is 0.861. The molecule has 2 saturated heterocycles. The monoisotopic (exact) mass is 299 g/mol. The van der Waals surface area contributed by atoms with Crippen LogP contribution >= 0.6 is 0 Å². The molecule has 2 aliphatic rings. The molecule has 2 aliphatic heterocycles. The van der Waals surface area contributed by atoms with Crippen molar-refractivity contribution in [1.29, 1.82) is 5.26 Å². The summed E-state index contributed by atoms with van der Waals surface area (Å²) in [5.41, 5.74) is 0.553. The second-order valence-corrected chi connectivity index (χ2v) is 6.78. The van der Waals surface area contributed by atoms with Crippen molar-refractivity contribution in [2.24, 2.45) is 5.92 Å². The van der Waals surface area contributed by atoms with Crippen LogP contribution in [0.15, 0.2) is 24.4 Å². The topological polar surface area (TPSA) is 49.2 Å². The first-order chi connectivity index (χ1) is 10.7. The molecule has 2 unspecified atom stereocenters. The van der Waals surface area contributed by atoms with Crippen molar-refractivity contribution in [3.05, 3.63) is 30.1 Å². The molecule has 1 aromatic heterocycles. The number of hydrogen-bond donors (Lipinski definition) is 0. The van der Waals surface area contributed by atoms with Crippen LogP contribution in [-0.4, -0.2) is 42.2 Å². The van der Waals surface area contributed by atoms with Gasteiger partial charge in [0, 0.05) is 32.4 Å². The lowest BCUT2D eigenvalue weighted by Gasteiger charge is -2.39. The zero-order chi connectivity index (χ0) is 15.4. The van der Waals surface area contributed by atoms with E-state index in [4.69, 9.17) is 4.74 Å². The lowest BCUT2D eigenvalue weighted by molar-refractivity contribution is -0.00798. The first-order valence-electron chi connectivity index (χ1n) is 8.38. The largest absolute Gasteiger partial charge is 0.378 e. The molecule has 0 bridgehead atoms. The van der Waals surface area contributed by atoms with Gasteiger partial charge >= 0.3 is 0 Å². The van der Waals surface area contributed by atoms with Crippen LogP contribution in [0.5, 0.6) is 0 Å². The van der Waals surface area contributed by atoms with Gasteiger partial charge in [0.05, 0.1) is 17.9 Å². The summed E-state index contributed by atoms with van der Waals surface area (Å²) in [5, 5.41) is 9.71. The number of aromatic nitrogens is 1. The van der Waals surface area contributed by atoms with Crippen molar-refractivity contribution in [1.82, 2.24) is 9.88 Å². The standard InChI is InChI=1S/C18H25N3O/c1-15-12-16(5-11-22-15)13-21-9-6-18(14-19,7-10-21)17-4-2-3-8-20-17/h2-4,8,15-16H,5-7,9-13H2,1H3. The Balaban J connectivity index is 1.58. The Morgan fingerprint density at radius 2 is 2.23 bits per heavy atom. The summed E-state index contributed by atoms with van der Waals surface area (Å²) in [6.45, 7) is 6.21. The molecule has 2 atom stereocenters. The van der Waals surface area contributed by atoms with E-state index >= 15 is 0 Å². The van der Waals surface area contributed by atoms with E-state index in [1.165, 1.54) is 12.8 Å². The average molecular weight is 299 g/mol. The van der Waals surface area contributed by atoms with Crippen molar-refractivity contribution in [3.63, 3.8) is 0 Å². The smallest absolute Gasteiger partial charge is 0.102 e. The van der Waals surface area contributed by atoms with Gasteiger partial charge in [0.25, 0.3) is 0 Å². The van der Waals surface area contributed by atoms with Gasteiger partial charge < -0.3 is 9.64 Å². The van der Waals surface area contributed by atoms with E-state index < -0.39 is 0 Å². The maximum absolute atomic E-state index is 9.71. The molecule has 22 heavy (non-hydrogen) atoms. The molecule has 0 saturated carbocycles. The first kappa shape index (κ1) is 15.5. The van der Waals surface area contributed by atoms with Crippen molar-refractivity contribution in [2.75, 3.05) is 26.2 Å². The van der Waals surface area contributed by atoms with E-state index in [-0.39, 0.29) is 5.41 Å². The van der Waals surface area contributed by atoms with Crippen LogP contribution < -0.4 is 0 Å². The van der Waals surface area contributed by atoms with Crippen LogP contribution in [0.2, 0.25) is 0 Å². The highest BCUT2D eigenvalue weighted by atomic mass is 16.5. The minimum absolute atomic E-state index is 0.388. The molecular weight excluding hydrogens is 274 g/mol. The predicted molar refractivity (Wildman–Crippen MR) is 85.3 cm³/mol. The van der Waals surface area contributed by atoms with Gasteiger partial charge in [0.1, 0.15) is 5.41 Å². The fourth-order valence-electron chi connectivity index (χ4n) is 3.81. The van der Waals surface area contributed by atoms with Crippen LogP contribution in [0.1, 0.15) is 38.3 Å². The molecule has 4 nitrogen and oxygen atoms in total. The van der Waals surface area contributed by atoms with Gasteiger partial charge in [-0.3, -0.25) is 4.98 Å². The first-order valence-corrected chi connectivity index (χ1v) is 8.38. The molecule has 0 aliphatic carbocycles. The third-order valence-corrected chi connectivity index (χ3v) is 5.19. The molecule has 0 aromatic carbocycles. The molecule has 3 heterocycles. The molecule has 3 rings (SSSR count). The molecule has 118 valence electrons. The Morgan fingerprint density at radius 1 is 1.41 bits per heavy atom. The lowest BCUT2D eigenvalue weighted by atomic mass is 9.76. The predicted octanol–water partition coefficient (Wildman–Crippen LogP) is 2.75. The highest BCUT2D eigenvalue weighted by Crippen LogP contribution is 2.34. The Kier molecular flexibility index (Phi) is 4.75. The molecule has 0 radical (unpaired) electrons. The second kappa shape index (κ2) is 6.76. The summed E-state index contributed by atoms with van der Waals surface area (Å²) in [6, 6.07) is 8.45. The Hall–Kier alpha value is -1.44. The van der Waals surface area contributed by atoms with Gasteiger partial charge in [0.2, 0.25) is 0 Å². The van der Waals surface area contributed by atoms with Gasteiger partial charge in [-0.1, -0.05) is 6.07 Å². The summed E-state index contributed by atoms with van der Waals surface area (Å²) in [7, 11) is 0. The normalized spacial score (nSPS) is 28.9. The van der Waals surface area contributed by atoms with Crippen LogP contribution in [0.3, 0.4) is 0 Å². The fourth-order valence-corrected chi connectivity index (χ4v) is 3.81. The zero-order valence-corrected chi connectivity index (χ0v) is 13.4. The third kappa shape index (κ3) is 3.31. The Morgan fingerprint density at radius 3 is 2.86 bits per heavy atom. The third-order valence-electron chi connectivity index (χ3n) is 5.19. The van der Waals surface area contributed by atoms with E-state index in [9.17, 15) is 5.26 Å². The highest BCUT2D eigenvalue weighted by molar-refractivity contribution is 5.27. The summed E-state index contributed by atoms with van der Waals surface area (Å²) >= 11 is 0. The fraction of sp³-hybridized carbons (Fsp3) is 0.667. The van der Waals surface area contributed by atoms with Crippen LogP contribution in [0, 0.1) is 17.2 Å². The molecule has 4 heteroatoms. The highest BCUT2D eigenvalue weighted by Gasteiger charge is 2.38. The van der Waals surface area contributed by atoms with Gasteiger partial charge in [-0.05, 0) is 50.7 Å². The molecular formula is C18H25N3O. The van der Waals surface area contributed by atoms with Crippen molar-refractivity contribution in [3.8, 4) is 6.07 Å². The van der Waals surface area contributed by atoms with E-state index in [0.29, 0.717) is 6.10 Å². The minimum atomic E-state index is -0.388. The number of ether oxygens (including phenoxy) is 1. The maximum atomic E-state index is 9.71. The van der Waals surface area contributed by atoms with E-state index in [1.807, 2.05) is 18.2 Å². The second-order valence-electron chi connectivity index (χ2n) is 6.78. The molecule has 1 aromatic rings. The van der Waals surface area contributed by atoms with Gasteiger partial charge in [0.15, 0.2) is 0 Å². The van der Waals surface area contributed by atoms with E-state index in [0.717, 1.165) is 50.7 Å². The van der Waals surface area contributed by atoms with Gasteiger partial charge in [-0.2, -0.15) is 5.26 Å².